The number of hydrogen-bond donors (Lipinski definition) is 0. The average molecular weight is 410 g/mol. The van der Waals surface area contributed by atoms with E-state index in [1.165, 1.54) is 15.9 Å². The molecule has 0 saturated carbocycles. The Hall–Kier alpha value is -3.40. The number of esters is 1. The Labute approximate surface area is 170 Å². The predicted octanol–water partition coefficient (Wildman–Crippen LogP) is 2.64. The lowest BCUT2D eigenvalue weighted by Gasteiger charge is -2.05. The van der Waals surface area contributed by atoms with Crippen LogP contribution in [-0.2, 0) is 4.74 Å². The third-order valence-corrected chi connectivity index (χ3v) is 5.23. The Balaban J connectivity index is 1.51. The zero-order chi connectivity index (χ0) is 20.7. The number of ketones is 1. The smallest absolute Gasteiger partial charge is 0.378 e. The zero-order valence-electron chi connectivity index (χ0n) is 16.3. The summed E-state index contributed by atoms with van der Waals surface area (Å²) in [6.07, 6.45) is 1.71. The van der Waals surface area contributed by atoms with Crippen LogP contribution in [0.15, 0.2) is 23.7 Å². The fourth-order valence-corrected chi connectivity index (χ4v) is 3.94. The maximum absolute atomic E-state index is 12.6. The molecule has 9 nitrogen and oxygen atoms in total. The lowest BCUT2D eigenvalue weighted by atomic mass is 10.1. The van der Waals surface area contributed by atoms with Crippen LogP contribution in [-0.4, -0.2) is 47.5 Å². The van der Waals surface area contributed by atoms with E-state index in [9.17, 15) is 9.59 Å². The van der Waals surface area contributed by atoms with E-state index in [2.05, 4.69) is 20.1 Å². The van der Waals surface area contributed by atoms with Gasteiger partial charge in [0.05, 0.1) is 0 Å². The Morgan fingerprint density at radius 2 is 1.90 bits per heavy atom. The molecule has 0 amide bonds. The van der Waals surface area contributed by atoms with Crippen molar-refractivity contribution in [3.05, 3.63) is 57.9 Å². The van der Waals surface area contributed by atoms with E-state index < -0.39 is 12.6 Å². The van der Waals surface area contributed by atoms with Gasteiger partial charge in [0.25, 0.3) is 11.6 Å². The van der Waals surface area contributed by atoms with Gasteiger partial charge in [0.15, 0.2) is 11.7 Å². The summed E-state index contributed by atoms with van der Waals surface area (Å²) in [6, 6.07) is 3.60. The normalized spacial score (nSPS) is 11.2. The predicted molar refractivity (Wildman–Crippen MR) is 106 cm³/mol. The standard InChI is InChI=1S/C19H18N6O3S/c1-10-7-12(3)25-18(21-10)22-16(23-25)17(27)28-9-15(26)14-8-11(2)24(13(14)4)19-20-5-6-29-19/h5-8H,9H2,1-4H3. The molecule has 4 aromatic heterocycles. The van der Waals surface area contributed by atoms with Crippen molar-refractivity contribution in [1.82, 2.24) is 29.1 Å². The molecule has 0 aliphatic carbocycles. The topological polar surface area (TPSA) is 104 Å². The fraction of sp³-hybridized carbons (Fsp3) is 0.263. The number of Topliss-reactive ketones (excluding diaryl/α,β-unsaturated/α-hetero) is 1. The maximum Gasteiger partial charge on any atom is 0.378 e. The fourth-order valence-electron chi connectivity index (χ4n) is 3.19. The van der Waals surface area contributed by atoms with Crippen LogP contribution >= 0.6 is 11.3 Å². The van der Waals surface area contributed by atoms with Crippen molar-refractivity contribution in [2.75, 3.05) is 6.61 Å². The van der Waals surface area contributed by atoms with E-state index in [1.807, 2.05) is 43.7 Å². The summed E-state index contributed by atoms with van der Waals surface area (Å²) in [5.41, 5.74) is 3.69. The number of ether oxygens (including phenoxy) is 1. The van der Waals surface area contributed by atoms with Crippen LogP contribution in [0.3, 0.4) is 0 Å². The summed E-state index contributed by atoms with van der Waals surface area (Å²) < 4.78 is 8.53. The Morgan fingerprint density at radius 3 is 2.62 bits per heavy atom. The van der Waals surface area contributed by atoms with Crippen LogP contribution in [0.4, 0.5) is 0 Å². The highest BCUT2D eigenvalue weighted by atomic mass is 32.1. The van der Waals surface area contributed by atoms with Crippen molar-refractivity contribution in [2.45, 2.75) is 27.7 Å². The molecule has 0 N–H and O–H groups in total. The zero-order valence-corrected chi connectivity index (χ0v) is 17.1. The summed E-state index contributed by atoms with van der Waals surface area (Å²) in [5, 5.41) is 6.77. The maximum atomic E-state index is 12.6. The summed E-state index contributed by atoms with van der Waals surface area (Å²) in [5.74, 6) is -0.891. The summed E-state index contributed by atoms with van der Waals surface area (Å²) in [7, 11) is 0. The Kier molecular flexibility index (Phi) is 4.71. The first kappa shape index (κ1) is 18.9. The summed E-state index contributed by atoms with van der Waals surface area (Å²) in [6.45, 7) is 7.01. The first-order valence-corrected chi connectivity index (χ1v) is 9.73. The molecule has 0 radical (unpaired) electrons. The second-order valence-corrected chi connectivity index (χ2v) is 7.49. The third-order valence-electron chi connectivity index (χ3n) is 4.48. The van der Waals surface area contributed by atoms with Gasteiger partial charge >= 0.3 is 5.97 Å². The highest BCUT2D eigenvalue weighted by molar-refractivity contribution is 7.12. The minimum atomic E-state index is -0.769. The number of hydrogen-bond acceptors (Lipinski definition) is 8. The van der Waals surface area contributed by atoms with Gasteiger partial charge in [0.2, 0.25) is 5.78 Å². The molecule has 10 heteroatoms. The molecule has 4 rings (SSSR count). The van der Waals surface area contributed by atoms with Crippen molar-refractivity contribution in [2.24, 2.45) is 0 Å². The van der Waals surface area contributed by atoms with Crippen molar-refractivity contribution in [3.63, 3.8) is 0 Å². The minimum absolute atomic E-state index is 0.132. The number of carbonyl (C=O) groups excluding carboxylic acids is 2. The summed E-state index contributed by atoms with van der Waals surface area (Å²) in [4.78, 5) is 37.6. The molecule has 0 atom stereocenters. The molecule has 0 unspecified atom stereocenters. The molecule has 0 bridgehead atoms. The highest BCUT2D eigenvalue weighted by Gasteiger charge is 2.21. The molecule has 148 valence electrons. The number of thiazole rings is 1. The number of rotatable bonds is 5. The number of fused-ring (bicyclic) bond motifs is 1. The molecule has 0 spiro atoms. The van der Waals surface area contributed by atoms with E-state index in [4.69, 9.17) is 4.74 Å². The largest absolute Gasteiger partial charge is 0.451 e. The minimum Gasteiger partial charge on any atom is -0.451 e. The number of aromatic nitrogens is 6. The molecule has 0 fully saturated rings. The molecular formula is C19H18N6O3S. The van der Waals surface area contributed by atoms with Gasteiger partial charge in [0.1, 0.15) is 0 Å². The van der Waals surface area contributed by atoms with Crippen molar-refractivity contribution in [1.29, 1.82) is 0 Å². The summed E-state index contributed by atoms with van der Waals surface area (Å²) >= 11 is 1.48. The van der Waals surface area contributed by atoms with Crippen molar-refractivity contribution < 1.29 is 14.3 Å². The molecule has 0 saturated heterocycles. The van der Waals surface area contributed by atoms with Crippen LogP contribution in [0.25, 0.3) is 10.9 Å². The van der Waals surface area contributed by atoms with Crippen LogP contribution in [0.1, 0.15) is 43.8 Å². The second kappa shape index (κ2) is 7.21. The van der Waals surface area contributed by atoms with E-state index in [0.717, 1.165) is 27.9 Å². The molecule has 29 heavy (non-hydrogen) atoms. The van der Waals surface area contributed by atoms with Gasteiger partial charge in [-0.3, -0.25) is 9.36 Å². The molecule has 0 aliphatic rings. The van der Waals surface area contributed by atoms with Gasteiger partial charge in [-0.25, -0.2) is 19.3 Å². The first-order valence-electron chi connectivity index (χ1n) is 8.85. The molecule has 4 heterocycles. The Morgan fingerprint density at radius 1 is 1.10 bits per heavy atom. The monoisotopic (exact) mass is 410 g/mol. The lowest BCUT2D eigenvalue weighted by molar-refractivity contribution is 0.0462. The van der Waals surface area contributed by atoms with Gasteiger partial charge in [0, 0.05) is 39.9 Å². The average Bonchev–Trinajstić information content (AvgIpc) is 3.38. The van der Waals surface area contributed by atoms with Gasteiger partial charge in [-0.2, -0.15) is 4.98 Å². The first-order chi connectivity index (χ1) is 13.8. The SMILES string of the molecule is Cc1cc(C)n2nc(C(=O)OCC(=O)c3cc(C)n(-c4nccs4)c3C)nc2n1. The van der Waals surface area contributed by atoms with E-state index in [0.29, 0.717) is 11.3 Å². The quantitative estimate of drug-likeness (QED) is 0.368. The number of aryl methyl sites for hydroxylation is 3. The highest BCUT2D eigenvalue weighted by Crippen LogP contribution is 2.22. The van der Waals surface area contributed by atoms with Gasteiger partial charge in [-0.05, 0) is 39.8 Å². The van der Waals surface area contributed by atoms with Gasteiger partial charge < -0.3 is 4.74 Å². The van der Waals surface area contributed by atoms with Crippen molar-refractivity contribution >= 4 is 28.9 Å². The number of nitrogens with zero attached hydrogens (tertiary/aromatic N) is 6. The van der Waals surface area contributed by atoms with E-state index in [-0.39, 0.29) is 11.6 Å². The van der Waals surface area contributed by atoms with Crippen LogP contribution in [0.5, 0.6) is 0 Å². The van der Waals surface area contributed by atoms with E-state index in [1.54, 1.807) is 12.3 Å². The molecule has 0 aromatic carbocycles. The van der Waals surface area contributed by atoms with E-state index >= 15 is 0 Å². The van der Waals surface area contributed by atoms with Crippen LogP contribution in [0.2, 0.25) is 0 Å². The lowest BCUT2D eigenvalue weighted by Crippen LogP contribution is -2.16. The third kappa shape index (κ3) is 3.42. The molecular weight excluding hydrogens is 392 g/mol. The molecule has 0 aliphatic heterocycles. The van der Waals surface area contributed by atoms with Crippen molar-refractivity contribution in [3.8, 4) is 5.13 Å². The Bertz CT molecular complexity index is 1240. The van der Waals surface area contributed by atoms with Gasteiger partial charge in [-0.15, -0.1) is 16.4 Å². The van der Waals surface area contributed by atoms with Crippen LogP contribution < -0.4 is 0 Å². The molecule has 4 aromatic rings. The van der Waals surface area contributed by atoms with Gasteiger partial charge in [-0.1, -0.05) is 0 Å². The number of carbonyl (C=O) groups is 2. The second-order valence-electron chi connectivity index (χ2n) is 6.62. The van der Waals surface area contributed by atoms with Crippen LogP contribution in [0, 0.1) is 27.7 Å².